The number of ether oxygens (including phenoxy) is 2. The Hall–Kier alpha value is -3.10. The third kappa shape index (κ3) is 5.18. The second kappa shape index (κ2) is 10.9. The van der Waals surface area contributed by atoms with Crippen molar-refractivity contribution in [3.8, 4) is 16.9 Å². The third-order valence-corrected chi connectivity index (χ3v) is 7.21. The van der Waals surface area contributed by atoms with E-state index >= 15 is 0 Å². The van der Waals surface area contributed by atoms with Gasteiger partial charge in [0.2, 0.25) is 0 Å². The van der Waals surface area contributed by atoms with Crippen molar-refractivity contribution < 1.29 is 14.3 Å². The fourth-order valence-corrected chi connectivity index (χ4v) is 5.55. The molecular weight excluding hydrogens is 466 g/mol. The van der Waals surface area contributed by atoms with E-state index in [-0.39, 0.29) is 5.97 Å². The highest BCUT2D eigenvalue weighted by molar-refractivity contribution is 7.80. The summed E-state index contributed by atoms with van der Waals surface area (Å²) in [5, 5.41) is 4.71. The number of anilines is 2. The molecule has 0 aliphatic carbocycles. The van der Waals surface area contributed by atoms with Crippen LogP contribution in [-0.2, 0) is 4.74 Å². The Morgan fingerprint density at radius 3 is 2.50 bits per heavy atom. The highest BCUT2D eigenvalue weighted by Crippen LogP contribution is 2.40. The second-order valence-corrected chi connectivity index (χ2v) is 9.54. The molecule has 0 unspecified atom stereocenters. The van der Waals surface area contributed by atoms with E-state index in [0.29, 0.717) is 17.3 Å². The second-order valence-electron chi connectivity index (χ2n) is 7.93. The standard InChI is InChI=1S/C26H29N3O3S2/c1-4-32-25(30)23-22(19-9-6-5-7-10-19)18(2)34-24(23)27-26(33)29-15-13-28(14-16-29)20-11-8-12-21(17-20)31-3/h5-12,17H,4,13-16H2,1-3H3,(H,27,33). The Morgan fingerprint density at radius 2 is 1.82 bits per heavy atom. The molecule has 0 amide bonds. The van der Waals surface area contributed by atoms with Gasteiger partial charge in [0.05, 0.1) is 13.7 Å². The Balaban J connectivity index is 1.50. The van der Waals surface area contributed by atoms with E-state index in [9.17, 15) is 4.79 Å². The summed E-state index contributed by atoms with van der Waals surface area (Å²) in [5.41, 5.74) is 3.58. The largest absolute Gasteiger partial charge is 0.497 e. The van der Waals surface area contributed by atoms with Crippen LogP contribution in [0.25, 0.3) is 11.1 Å². The predicted octanol–water partition coefficient (Wildman–Crippen LogP) is 5.43. The van der Waals surface area contributed by atoms with Crippen LogP contribution in [0.15, 0.2) is 54.6 Å². The number of carbonyl (C=O) groups is 1. The minimum atomic E-state index is -0.334. The smallest absolute Gasteiger partial charge is 0.341 e. The Morgan fingerprint density at radius 1 is 1.09 bits per heavy atom. The summed E-state index contributed by atoms with van der Waals surface area (Å²) >= 11 is 7.30. The number of rotatable bonds is 6. The van der Waals surface area contributed by atoms with Crippen LogP contribution >= 0.6 is 23.6 Å². The molecule has 8 heteroatoms. The van der Waals surface area contributed by atoms with E-state index in [4.69, 9.17) is 21.7 Å². The molecule has 1 fully saturated rings. The summed E-state index contributed by atoms with van der Waals surface area (Å²) in [6.45, 7) is 7.42. The molecule has 1 saturated heterocycles. The van der Waals surface area contributed by atoms with Crippen LogP contribution in [0.2, 0.25) is 0 Å². The maximum absolute atomic E-state index is 13.0. The van der Waals surface area contributed by atoms with Crippen molar-refractivity contribution in [1.29, 1.82) is 0 Å². The number of piperazine rings is 1. The number of benzene rings is 2. The number of nitrogens with zero attached hydrogens (tertiary/aromatic N) is 2. The van der Waals surface area contributed by atoms with Crippen LogP contribution in [0.1, 0.15) is 22.2 Å². The van der Waals surface area contributed by atoms with E-state index in [1.54, 1.807) is 7.11 Å². The van der Waals surface area contributed by atoms with Gasteiger partial charge in [-0.2, -0.15) is 0 Å². The number of hydrogen-bond acceptors (Lipinski definition) is 6. The van der Waals surface area contributed by atoms with Crippen molar-refractivity contribution in [2.24, 2.45) is 0 Å². The molecule has 0 bridgehead atoms. The van der Waals surface area contributed by atoms with Crippen molar-refractivity contribution in [2.45, 2.75) is 13.8 Å². The first-order valence-corrected chi connectivity index (χ1v) is 12.5. The number of thiocarbonyl (C=S) groups is 1. The van der Waals surface area contributed by atoms with Gasteiger partial charge in [0, 0.05) is 48.4 Å². The van der Waals surface area contributed by atoms with Crippen LogP contribution in [0, 0.1) is 6.92 Å². The first-order chi connectivity index (χ1) is 16.5. The summed E-state index contributed by atoms with van der Waals surface area (Å²) < 4.78 is 10.8. The maximum Gasteiger partial charge on any atom is 0.341 e. The summed E-state index contributed by atoms with van der Waals surface area (Å²) in [7, 11) is 1.68. The van der Waals surface area contributed by atoms with Crippen LogP contribution in [-0.4, -0.2) is 55.9 Å². The summed E-state index contributed by atoms with van der Waals surface area (Å²) in [6, 6.07) is 18.0. The monoisotopic (exact) mass is 495 g/mol. The van der Waals surface area contributed by atoms with E-state index in [0.717, 1.165) is 58.6 Å². The number of carbonyl (C=O) groups excluding carboxylic acids is 1. The van der Waals surface area contributed by atoms with E-state index in [1.807, 2.05) is 56.3 Å². The average molecular weight is 496 g/mol. The molecule has 4 rings (SSSR count). The van der Waals surface area contributed by atoms with Crippen molar-refractivity contribution in [3.63, 3.8) is 0 Å². The molecule has 0 saturated carbocycles. The lowest BCUT2D eigenvalue weighted by atomic mass is 10.0. The first kappa shape index (κ1) is 24.0. The van der Waals surface area contributed by atoms with Crippen molar-refractivity contribution >= 4 is 45.3 Å². The van der Waals surface area contributed by atoms with E-state index in [2.05, 4.69) is 27.2 Å². The van der Waals surface area contributed by atoms with E-state index in [1.165, 1.54) is 11.3 Å². The quantitative estimate of drug-likeness (QED) is 0.362. The number of esters is 1. The molecule has 0 atom stereocenters. The van der Waals surface area contributed by atoms with Gasteiger partial charge in [0.1, 0.15) is 16.3 Å². The zero-order chi connectivity index (χ0) is 24.1. The van der Waals surface area contributed by atoms with Gasteiger partial charge >= 0.3 is 5.97 Å². The minimum absolute atomic E-state index is 0.318. The number of hydrogen-bond donors (Lipinski definition) is 1. The van der Waals surface area contributed by atoms with Gasteiger partial charge in [-0.25, -0.2) is 4.79 Å². The number of methoxy groups -OCH3 is 1. The fourth-order valence-electron chi connectivity index (χ4n) is 4.13. The van der Waals surface area contributed by atoms with Gasteiger partial charge in [-0.1, -0.05) is 36.4 Å². The SMILES string of the molecule is CCOC(=O)c1c(NC(=S)N2CCN(c3cccc(OC)c3)CC2)sc(C)c1-c1ccccc1. The van der Waals surface area contributed by atoms with Gasteiger partial charge in [0.15, 0.2) is 5.11 Å². The molecule has 1 aliphatic heterocycles. The summed E-state index contributed by atoms with van der Waals surface area (Å²) in [4.78, 5) is 18.5. The third-order valence-electron chi connectivity index (χ3n) is 5.83. The van der Waals surface area contributed by atoms with Gasteiger partial charge in [-0.3, -0.25) is 0 Å². The van der Waals surface area contributed by atoms with Crippen LogP contribution < -0.4 is 15.0 Å². The first-order valence-electron chi connectivity index (χ1n) is 11.3. The molecule has 6 nitrogen and oxygen atoms in total. The van der Waals surface area contributed by atoms with Gasteiger partial charge in [-0.15, -0.1) is 11.3 Å². The van der Waals surface area contributed by atoms with E-state index < -0.39 is 0 Å². The molecule has 2 heterocycles. The molecule has 1 N–H and O–H groups in total. The average Bonchev–Trinajstić information content (AvgIpc) is 3.20. The van der Waals surface area contributed by atoms with Crippen LogP contribution in [0.5, 0.6) is 5.75 Å². The highest BCUT2D eigenvalue weighted by Gasteiger charge is 2.26. The number of aryl methyl sites for hydroxylation is 1. The molecule has 1 aliphatic rings. The lowest BCUT2D eigenvalue weighted by molar-refractivity contribution is 0.0529. The molecule has 0 spiro atoms. The van der Waals surface area contributed by atoms with Gasteiger partial charge in [0.25, 0.3) is 0 Å². The van der Waals surface area contributed by atoms with Crippen molar-refractivity contribution in [1.82, 2.24) is 4.90 Å². The maximum atomic E-state index is 13.0. The van der Waals surface area contributed by atoms with Crippen LogP contribution in [0.4, 0.5) is 10.7 Å². The fraction of sp³-hybridized carbons (Fsp3) is 0.308. The molecule has 3 aromatic rings. The molecule has 1 aromatic heterocycles. The molecule has 34 heavy (non-hydrogen) atoms. The number of nitrogens with one attached hydrogen (secondary N) is 1. The normalized spacial score (nSPS) is 13.5. The Bertz CT molecular complexity index is 1160. The predicted molar refractivity (Wildman–Crippen MR) is 143 cm³/mol. The molecule has 178 valence electrons. The lowest BCUT2D eigenvalue weighted by Gasteiger charge is -2.37. The summed E-state index contributed by atoms with van der Waals surface area (Å²) in [5.74, 6) is 0.518. The minimum Gasteiger partial charge on any atom is -0.497 e. The van der Waals surface area contributed by atoms with Crippen molar-refractivity contribution in [3.05, 3.63) is 65.0 Å². The Kier molecular flexibility index (Phi) is 7.70. The topological polar surface area (TPSA) is 54.0 Å². The van der Waals surface area contributed by atoms with Gasteiger partial charge in [-0.05, 0) is 43.8 Å². The molecular formula is C26H29N3O3S2. The number of thiophene rings is 1. The zero-order valence-electron chi connectivity index (χ0n) is 19.7. The van der Waals surface area contributed by atoms with Crippen LogP contribution in [0.3, 0.4) is 0 Å². The molecule has 2 aromatic carbocycles. The lowest BCUT2D eigenvalue weighted by Crippen LogP contribution is -2.50. The van der Waals surface area contributed by atoms with Crippen molar-refractivity contribution in [2.75, 3.05) is 50.1 Å². The molecule has 0 radical (unpaired) electrons. The zero-order valence-corrected chi connectivity index (χ0v) is 21.3. The summed E-state index contributed by atoms with van der Waals surface area (Å²) in [6.07, 6.45) is 0. The van der Waals surface area contributed by atoms with Gasteiger partial charge < -0.3 is 24.6 Å². The Labute approximate surface area is 210 Å². The highest BCUT2D eigenvalue weighted by atomic mass is 32.1.